The van der Waals surface area contributed by atoms with Crippen molar-refractivity contribution in [3.05, 3.63) is 121 Å². The molecule has 6 rings (SSSR count). The maximum atomic E-state index is 14.1. The zero-order valence-corrected chi connectivity index (χ0v) is 28.2. The molecule has 2 atom stereocenters. The lowest BCUT2D eigenvalue weighted by Gasteiger charge is -2.39. The Morgan fingerprint density at radius 2 is 1.17 bits per heavy atom. The average Bonchev–Trinajstić information content (AvgIpc) is 3.36. The second kappa shape index (κ2) is 12.2. The van der Waals surface area contributed by atoms with Crippen molar-refractivity contribution in [2.45, 2.75) is 56.6 Å². The van der Waals surface area contributed by atoms with Crippen molar-refractivity contribution in [3.8, 4) is 0 Å². The third-order valence-electron chi connectivity index (χ3n) is 9.58. The smallest absolute Gasteiger partial charge is 0.223 e. The van der Waals surface area contributed by atoms with Gasteiger partial charge in [-0.2, -0.15) is 0 Å². The van der Waals surface area contributed by atoms with Crippen LogP contribution in [0.3, 0.4) is 0 Å². The van der Waals surface area contributed by atoms with Crippen molar-refractivity contribution in [1.82, 2.24) is 4.90 Å². The number of hydrogen-bond donors (Lipinski definition) is 0. The normalized spacial score (nSPS) is 21.1. The van der Waals surface area contributed by atoms with E-state index in [4.69, 9.17) is 0 Å². The summed E-state index contributed by atoms with van der Waals surface area (Å²) in [5.74, 6) is 1.59. The molecule has 2 heterocycles. The van der Waals surface area contributed by atoms with Gasteiger partial charge in [-0.05, 0) is 55.0 Å². The van der Waals surface area contributed by atoms with E-state index in [1.807, 2.05) is 0 Å². The van der Waals surface area contributed by atoms with E-state index in [2.05, 4.69) is 146 Å². The highest BCUT2D eigenvalue weighted by molar-refractivity contribution is 8.04. The average molecular weight is 610 g/mol. The van der Waals surface area contributed by atoms with E-state index in [9.17, 15) is 4.79 Å². The van der Waals surface area contributed by atoms with E-state index < -0.39 is 22.6 Å². The van der Waals surface area contributed by atoms with Crippen LogP contribution in [0, 0.1) is 0 Å². The molecule has 0 unspecified atom stereocenters. The van der Waals surface area contributed by atoms with Crippen molar-refractivity contribution < 1.29 is 4.79 Å². The summed E-state index contributed by atoms with van der Waals surface area (Å²) in [6.07, 6.45) is 3.91. The van der Waals surface area contributed by atoms with Crippen molar-refractivity contribution in [2.75, 3.05) is 18.6 Å². The van der Waals surface area contributed by atoms with Crippen LogP contribution in [0.15, 0.2) is 121 Å². The highest BCUT2D eigenvalue weighted by Gasteiger charge is 2.67. The Bertz CT molecular complexity index is 1400. The van der Waals surface area contributed by atoms with E-state index in [0.717, 1.165) is 25.5 Å². The number of nitrogens with zero attached hydrogens (tertiary/aromatic N) is 1. The van der Waals surface area contributed by atoms with Gasteiger partial charge in [-0.15, -0.1) is 0 Å². The van der Waals surface area contributed by atoms with Crippen LogP contribution in [0.1, 0.15) is 19.3 Å². The molecule has 1 amide bonds. The van der Waals surface area contributed by atoms with Crippen LogP contribution in [0.5, 0.6) is 0 Å². The molecule has 0 N–H and O–H groups in total. The fourth-order valence-electron chi connectivity index (χ4n) is 7.59. The number of rotatable bonds is 8. The third kappa shape index (κ3) is 5.69. The monoisotopic (exact) mass is 609 g/mol. The molecule has 0 aliphatic carbocycles. The van der Waals surface area contributed by atoms with Crippen molar-refractivity contribution >= 4 is 49.7 Å². The summed E-state index contributed by atoms with van der Waals surface area (Å²) in [5.41, 5.74) is 0.475. The van der Waals surface area contributed by atoms with E-state index in [1.54, 1.807) is 0 Å². The first-order chi connectivity index (χ1) is 20.3. The zero-order chi connectivity index (χ0) is 29.2. The minimum atomic E-state index is -1.93. The molecule has 42 heavy (non-hydrogen) atoms. The molecule has 4 aromatic rings. The summed E-state index contributed by atoms with van der Waals surface area (Å²) >= 11 is 0. The van der Waals surface area contributed by atoms with E-state index in [1.165, 1.54) is 33.2 Å². The number of amides is 1. The van der Waals surface area contributed by atoms with Crippen LogP contribution in [-0.2, 0) is 4.79 Å². The molecule has 2 aliphatic heterocycles. The summed E-state index contributed by atoms with van der Waals surface area (Å²) in [5, 5.41) is 5.99. The van der Waals surface area contributed by atoms with Crippen LogP contribution >= 0.6 is 14.5 Å². The van der Waals surface area contributed by atoms with E-state index in [0.29, 0.717) is 18.0 Å². The maximum absolute atomic E-state index is 14.1. The van der Waals surface area contributed by atoms with Gasteiger partial charge in [-0.3, -0.25) is 4.79 Å². The third-order valence-corrected chi connectivity index (χ3v) is 22.8. The summed E-state index contributed by atoms with van der Waals surface area (Å²) in [6.45, 7) is 8.16. The van der Waals surface area contributed by atoms with Crippen molar-refractivity contribution in [2.24, 2.45) is 0 Å². The maximum Gasteiger partial charge on any atom is 0.223 e. The fraction of sp³-hybridized carbons (Fsp3) is 0.324. The first-order valence-electron chi connectivity index (χ1n) is 15.6. The number of likely N-dealkylation sites (tertiary alicyclic amines) is 1. The van der Waals surface area contributed by atoms with Gasteiger partial charge < -0.3 is 4.90 Å². The summed E-state index contributed by atoms with van der Waals surface area (Å²) in [4.78, 5) is 16.5. The molecule has 4 aromatic carbocycles. The highest BCUT2D eigenvalue weighted by atomic mass is 31.2. The molecule has 0 radical (unpaired) electrons. The standard InChI is InChI=1S/C37H45NOP2Si/c1-42(2,3)26-16-25-37(39)38-28-36-27-31(38)29-40(32-17-8-4-9-18-32,33-19-10-5-11-20-33)30-41(36,34-21-12-6-13-22-34)35-23-14-7-15-24-35/h4-15,17-24,31,36H,16,25-30H2,1-3H3/q+2/t31-,36+/m0/s1. The fourth-order valence-corrected chi connectivity index (χ4v) is 22.8. The largest absolute Gasteiger partial charge is 0.332 e. The van der Waals surface area contributed by atoms with Crippen LogP contribution in [-0.4, -0.2) is 49.2 Å². The van der Waals surface area contributed by atoms with Gasteiger partial charge in [0.25, 0.3) is 0 Å². The van der Waals surface area contributed by atoms with Gasteiger partial charge in [0.1, 0.15) is 41.4 Å². The topological polar surface area (TPSA) is 20.3 Å². The lowest BCUT2D eigenvalue weighted by atomic mass is 10.2. The molecular weight excluding hydrogens is 564 g/mol. The predicted octanol–water partition coefficient (Wildman–Crippen LogP) is 7.38. The second-order valence-electron chi connectivity index (χ2n) is 13.5. The quantitative estimate of drug-likeness (QED) is 0.151. The van der Waals surface area contributed by atoms with E-state index in [-0.39, 0.29) is 6.04 Å². The Morgan fingerprint density at radius 3 is 1.62 bits per heavy atom. The molecule has 2 nitrogen and oxygen atoms in total. The molecule has 5 heteroatoms. The van der Waals surface area contributed by atoms with Crippen LogP contribution in [0.25, 0.3) is 0 Å². The van der Waals surface area contributed by atoms with Crippen LogP contribution in [0.2, 0.25) is 25.7 Å². The molecular formula is C37H45NOP2Si+2. The first kappa shape index (κ1) is 29.5. The van der Waals surface area contributed by atoms with Gasteiger partial charge in [-0.25, -0.2) is 0 Å². The second-order valence-corrected chi connectivity index (χ2v) is 27.1. The van der Waals surface area contributed by atoms with Gasteiger partial charge in [-0.1, -0.05) is 98.5 Å². The first-order valence-corrected chi connectivity index (χ1v) is 23.5. The van der Waals surface area contributed by atoms with Crippen molar-refractivity contribution in [3.63, 3.8) is 0 Å². The number of carbonyl (C=O) groups excluding carboxylic acids is 1. The summed E-state index contributed by atoms with van der Waals surface area (Å²) < 4.78 is 0. The van der Waals surface area contributed by atoms with Gasteiger partial charge in [0, 0.05) is 20.9 Å². The minimum Gasteiger partial charge on any atom is -0.332 e. The Hall–Kier alpha value is -2.57. The number of fused-ring (bicyclic) bond motifs is 2. The van der Waals surface area contributed by atoms with Gasteiger partial charge in [0.2, 0.25) is 5.91 Å². The van der Waals surface area contributed by atoms with Gasteiger partial charge in [0.05, 0.1) is 18.7 Å². The lowest BCUT2D eigenvalue weighted by Crippen LogP contribution is -2.45. The van der Waals surface area contributed by atoms with Gasteiger partial charge in [0.15, 0.2) is 5.90 Å². The molecule has 0 saturated carbocycles. The molecule has 2 saturated heterocycles. The molecule has 2 fully saturated rings. The number of benzene rings is 4. The SMILES string of the molecule is C[Si](C)(C)CCCC(=O)N1C[C@H]2C[C@H]1C[P+](c1ccccc1)(c1ccccc1)C[P+]2(c1ccccc1)c1ccccc1. The highest BCUT2D eigenvalue weighted by Crippen LogP contribution is 2.78. The summed E-state index contributed by atoms with van der Waals surface area (Å²) in [7, 11) is -5.01. The van der Waals surface area contributed by atoms with E-state index >= 15 is 0 Å². The zero-order valence-electron chi connectivity index (χ0n) is 25.4. The summed E-state index contributed by atoms with van der Waals surface area (Å²) in [6, 6.07) is 47.2. The molecule has 2 aliphatic rings. The Labute approximate surface area is 255 Å². The molecule has 0 spiro atoms. The van der Waals surface area contributed by atoms with Gasteiger partial charge >= 0.3 is 0 Å². The predicted molar refractivity (Wildman–Crippen MR) is 189 cm³/mol. The Morgan fingerprint density at radius 1 is 0.714 bits per heavy atom. The minimum absolute atomic E-state index is 0.289. The van der Waals surface area contributed by atoms with Crippen LogP contribution < -0.4 is 21.2 Å². The number of carbonyl (C=O) groups is 1. The van der Waals surface area contributed by atoms with Crippen molar-refractivity contribution in [1.29, 1.82) is 0 Å². The van der Waals surface area contributed by atoms with Crippen LogP contribution in [0.4, 0.5) is 0 Å². The molecule has 2 bridgehead atoms. The molecule has 216 valence electrons. The lowest BCUT2D eigenvalue weighted by molar-refractivity contribution is -0.131. The Balaban J connectivity index is 1.55. The Kier molecular flexibility index (Phi) is 8.57. The number of hydrogen-bond acceptors (Lipinski definition) is 1. The molecule has 0 aromatic heterocycles.